The third-order valence-electron chi connectivity index (χ3n) is 12.1. The minimum atomic E-state index is -0.0521. The first-order valence-corrected chi connectivity index (χ1v) is 18.5. The van der Waals surface area contributed by atoms with Crippen molar-refractivity contribution in [3.05, 3.63) is 192 Å². The molecule has 9 aromatic rings. The molecule has 0 nitrogen and oxygen atoms in total. The van der Waals surface area contributed by atoms with Crippen molar-refractivity contribution in [2.75, 3.05) is 0 Å². The number of hydrogen-bond acceptors (Lipinski definition) is 0. The molecule has 0 saturated heterocycles. The van der Waals surface area contributed by atoms with E-state index in [1.165, 1.54) is 110 Å². The summed E-state index contributed by atoms with van der Waals surface area (Å²) < 4.78 is 0. The van der Waals surface area contributed by atoms with E-state index >= 15 is 0 Å². The van der Waals surface area contributed by atoms with Crippen LogP contribution in [0.25, 0.3) is 88.0 Å². The Bertz CT molecular complexity index is 2950. The van der Waals surface area contributed by atoms with Gasteiger partial charge in [0.1, 0.15) is 0 Å². The molecule has 0 heteroatoms. The van der Waals surface area contributed by atoms with Gasteiger partial charge in [-0.3, -0.25) is 0 Å². The summed E-state index contributed by atoms with van der Waals surface area (Å²) in [6.07, 6.45) is 0.978. The molecule has 0 unspecified atom stereocenters. The Morgan fingerprint density at radius 3 is 1.81 bits per heavy atom. The maximum absolute atomic E-state index is 2.47. The maximum Gasteiger partial charge on any atom is 0.0159 e. The monoisotopic (exact) mass is 660 g/mol. The smallest absolute Gasteiger partial charge is 0.0159 e. The minimum Gasteiger partial charge on any atom is -0.0619 e. The van der Waals surface area contributed by atoms with Gasteiger partial charge >= 0.3 is 0 Å². The summed E-state index contributed by atoms with van der Waals surface area (Å²) >= 11 is 0. The van der Waals surface area contributed by atoms with Gasteiger partial charge in [-0.25, -0.2) is 0 Å². The van der Waals surface area contributed by atoms with E-state index in [0.717, 1.165) is 6.42 Å². The maximum atomic E-state index is 2.47. The molecule has 0 spiro atoms. The summed E-state index contributed by atoms with van der Waals surface area (Å²) in [5.74, 6) is 0. The lowest BCUT2D eigenvalue weighted by molar-refractivity contribution is 0.660. The van der Waals surface area contributed by atoms with Gasteiger partial charge in [0.15, 0.2) is 0 Å². The van der Waals surface area contributed by atoms with E-state index in [1.807, 2.05) is 0 Å². The second-order valence-electron chi connectivity index (χ2n) is 15.2. The molecular weight excluding hydrogens is 625 g/mol. The van der Waals surface area contributed by atoms with E-state index in [2.05, 4.69) is 184 Å². The van der Waals surface area contributed by atoms with Crippen LogP contribution in [0, 0.1) is 0 Å². The predicted molar refractivity (Wildman–Crippen MR) is 221 cm³/mol. The molecule has 2 aliphatic carbocycles. The van der Waals surface area contributed by atoms with E-state index in [-0.39, 0.29) is 5.41 Å². The molecule has 0 heterocycles. The van der Waals surface area contributed by atoms with Crippen LogP contribution in [0.15, 0.2) is 170 Å². The van der Waals surface area contributed by atoms with Crippen LogP contribution in [-0.4, -0.2) is 0 Å². The summed E-state index contributed by atoms with van der Waals surface area (Å²) in [5.41, 5.74) is 18.7. The molecule has 0 bridgehead atoms. The van der Waals surface area contributed by atoms with Crippen LogP contribution in [0.4, 0.5) is 0 Å². The van der Waals surface area contributed by atoms with E-state index < -0.39 is 0 Å². The molecule has 2 aliphatic rings. The normalized spacial score (nSPS) is 13.7. The number of fused-ring (bicyclic) bond motifs is 9. The van der Waals surface area contributed by atoms with Crippen molar-refractivity contribution in [3.63, 3.8) is 0 Å². The van der Waals surface area contributed by atoms with Crippen molar-refractivity contribution in [1.82, 2.24) is 0 Å². The van der Waals surface area contributed by atoms with Gasteiger partial charge in [0, 0.05) is 5.41 Å². The van der Waals surface area contributed by atoms with Crippen LogP contribution in [-0.2, 0) is 11.8 Å². The lowest BCUT2D eigenvalue weighted by Crippen LogP contribution is -2.14. The molecular formula is C52H36. The molecule has 0 atom stereocenters. The van der Waals surface area contributed by atoms with Gasteiger partial charge in [0.2, 0.25) is 0 Å². The Labute approximate surface area is 304 Å². The van der Waals surface area contributed by atoms with Crippen LogP contribution in [0.3, 0.4) is 0 Å². The van der Waals surface area contributed by atoms with Crippen molar-refractivity contribution in [1.29, 1.82) is 0 Å². The fourth-order valence-electron chi connectivity index (χ4n) is 9.59. The molecule has 11 rings (SSSR count). The Morgan fingerprint density at radius 1 is 0.346 bits per heavy atom. The van der Waals surface area contributed by atoms with Crippen LogP contribution in [0.2, 0.25) is 0 Å². The van der Waals surface area contributed by atoms with Gasteiger partial charge in [0.05, 0.1) is 0 Å². The second kappa shape index (κ2) is 10.9. The average Bonchev–Trinajstić information content (AvgIpc) is 3.67. The molecule has 244 valence electrons. The van der Waals surface area contributed by atoms with Gasteiger partial charge in [0.25, 0.3) is 0 Å². The Balaban J connectivity index is 1.19. The lowest BCUT2D eigenvalue weighted by Gasteiger charge is -2.22. The summed E-state index contributed by atoms with van der Waals surface area (Å²) in [6, 6.07) is 64.0. The molecule has 52 heavy (non-hydrogen) atoms. The summed E-state index contributed by atoms with van der Waals surface area (Å²) in [7, 11) is 0. The zero-order valence-electron chi connectivity index (χ0n) is 29.4. The van der Waals surface area contributed by atoms with Gasteiger partial charge in [-0.15, -0.1) is 0 Å². The van der Waals surface area contributed by atoms with Crippen molar-refractivity contribution in [2.24, 2.45) is 0 Å². The van der Waals surface area contributed by atoms with Crippen LogP contribution in [0.1, 0.15) is 36.1 Å². The standard InChI is InChI=1S/C52H36/c1-52(2)48-21-10-9-17-41(48)42-26-22-34(31-49(42)52)33-23-27-46-47(30-33)51(43-20-11-14-32-12-3-5-15-38(32)43)45-19-8-7-18-44(45)50(46)36-24-25-40-37(29-36)28-35-13-4-6-16-39(35)40/h3-27,29-31H,28H2,1-2H3. The van der Waals surface area contributed by atoms with E-state index in [4.69, 9.17) is 0 Å². The molecule has 0 aromatic heterocycles. The van der Waals surface area contributed by atoms with Crippen molar-refractivity contribution >= 4 is 32.3 Å². The zero-order valence-corrected chi connectivity index (χ0v) is 29.4. The number of benzene rings is 9. The molecule has 9 aromatic carbocycles. The summed E-state index contributed by atoms with van der Waals surface area (Å²) in [4.78, 5) is 0. The Hall–Kier alpha value is -6.24. The minimum absolute atomic E-state index is 0.0521. The zero-order chi connectivity index (χ0) is 34.6. The van der Waals surface area contributed by atoms with Crippen LogP contribution < -0.4 is 0 Å². The molecule has 0 amide bonds. The number of hydrogen-bond donors (Lipinski definition) is 0. The molecule has 0 radical (unpaired) electrons. The first-order valence-electron chi connectivity index (χ1n) is 18.5. The SMILES string of the molecule is CC1(C)c2ccccc2-c2ccc(-c3ccc4c(-c5ccc6c(c5)Cc5ccccc5-6)c5ccccc5c(-c5cccc6ccccc56)c4c3)cc21. The third-order valence-corrected chi connectivity index (χ3v) is 12.1. The summed E-state index contributed by atoms with van der Waals surface area (Å²) in [6.45, 7) is 4.74. The van der Waals surface area contributed by atoms with E-state index in [1.54, 1.807) is 0 Å². The van der Waals surface area contributed by atoms with Crippen molar-refractivity contribution < 1.29 is 0 Å². The Morgan fingerprint density at radius 2 is 0.923 bits per heavy atom. The van der Waals surface area contributed by atoms with Gasteiger partial charge < -0.3 is 0 Å². The Kier molecular flexibility index (Phi) is 6.17. The first kappa shape index (κ1) is 29.5. The highest BCUT2D eigenvalue weighted by molar-refractivity contribution is 6.24. The fourth-order valence-corrected chi connectivity index (χ4v) is 9.59. The highest BCUT2D eigenvalue weighted by Gasteiger charge is 2.35. The first-order chi connectivity index (χ1) is 25.5. The van der Waals surface area contributed by atoms with Gasteiger partial charge in [-0.2, -0.15) is 0 Å². The van der Waals surface area contributed by atoms with E-state index in [0.29, 0.717) is 0 Å². The summed E-state index contributed by atoms with van der Waals surface area (Å²) in [5, 5.41) is 7.69. The largest absolute Gasteiger partial charge is 0.0619 e. The highest BCUT2D eigenvalue weighted by atomic mass is 14.4. The lowest BCUT2D eigenvalue weighted by atomic mass is 9.81. The molecule has 0 aliphatic heterocycles. The molecule has 0 saturated carbocycles. The van der Waals surface area contributed by atoms with Crippen molar-refractivity contribution in [3.8, 4) is 55.6 Å². The molecule has 0 N–H and O–H groups in total. The van der Waals surface area contributed by atoms with Crippen LogP contribution in [0.5, 0.6) is 0 Å². The predicted octanol–water partition coefficient (Wildman–Crippen LogP) is 14.0. The topological polar surface area (TPSA) is 0 Å². The van der Waals surface area contributed by atoms with Crippen molar-refractivity contribution in [2.45, 2.75) is 25.7 Å². The van der Waals surface area contributed by atoms with E-state index in [9.17, 15) is 0 Å². The average molecular weight is 661 g/mol. The quantitative estimate of drug-likeness (QED) is 0.165. The fraction of sp³-hybridized carbons (Fsp3) is 0.0769. The second-order valence-corrected chi connectivity index (χ2v) is 15.2. The number of rotatable bonds is 3. The highest BCUT2D eigenvalue weighted by Crippen LogP contribution is 2.51. The third kappa shape index (κ3) is 4.16. The molecule has 0 fully saturated rings. The van der Waals surface area contributed by atoms with Crippen LogP contribution >= 0.6 is 0 Å². The van der Waals surface area contributed by atoms with Gasteiger partial charge in [-0.05, 0) is 129 Å². The van der Waals surface area contributed by atoms with Gasteiger partial charge in [-0.1, -0.05) is 172 Å².